The summed E-state index contributed by atoms with van der Waals surface area (Å²) >= 11 is 0. The maximum atomic E-state index is 10.5. The third kappa shape index (κ3) is 4.13. The molecule has 1 saturated heterocycles. The van der Waals surface area contributed by atoms with Crippen LogP contribution in [0.4, 0.5) is 0 Å². The molecule has 0 radical (unpaired) electrons. The van der Waals surface area contributed by atoms with Crippen LogP contribution in [0, 0.1) is 0 Å². The molecular weight excluding hydrogens is 412 g/mol. The fourth-order valence-electron chi connectivity index (χ4n) is 3.77. The highest BCUT2D eigenvalue weighted by Crippen LogP contribution is 2.42. The summed E-state index contributed by atoms with van der Waals surface area (Å²) in [6, 6.07) is 8.85. The van der Waals surface area contributed by atoms with E-state index in [0.717, 1.165) is 0 Å². The van der Waals surface area contributed by atoms with Gasteiger partial charge < -0.3 is 50.0 Å². The molecule has 10 heteroatoms. The van der Waals surface area contributed by atoms with Gasteiger partial charge in [0.25, 0.3) is 0 Å². The number of hydrogen-bond acceptors (Lipinski definition) is 10. The first kappa shape index (κ1) is 21.6. The van der Waals surface area contributed by atoms with E-state index >= 15 is 0 Å². The van der Waals surface area contributed by atoms with Crippen LogP contribution in [0.2, 0.25) is 0 Å². The molecule has 0 spiro atoms. The molecule has 0 saturated carbocycles. The Hall–Kier alpha value is -2.60. The van der Waals surface area contributed by atoms with Gasteiger partial charge in [-0.2, -0.15) is 0 Å². The van der Waals surface area contributed by atoms with E-state index in [0.29, 0.717) is 11.1 Å². The van der Waals surface area contributed by atoms with Crippen LogP contribution in [-0.4, -0.2) is 79.2 Å². The Kier molecular flexibility index (Phi) is 5.93. The smallest absolute Gasteiger partial charge is 0.229 e. The standard InChI is InChI=1S/C21H24O10/c22-8-16-17(26)18(27)19(28)21(31-16)29-11-5-13(24)12-7-14(25)20(30-15(12)6-11)9-1-3-10(23)4-2-9/h1-6,14,16-28H,7-8H2/t14-,16-,17-,18+,19-,20+,21-/m0/s1. The van der Waals surface area contributed by atoms with Crippen LogP contribution >= 0.6 is 0 Å². The van der Waals surface area contributed by atoms with Crippen molar-refractivity contribution in [3.05, 3.63) is 47.5 Å². The highest BCUT2D eigenvalue weighted by atomic mass is 16.7. The van der Waals surface area contributed by atoms with Gasteiger partial charge in [0.05, 0.1) is 12.7 Å². The summed E-state index contributed by atoms with van der Waals surface area (Å²) in [4.78, 5) is 0. The molecule has 2 heterocycles. The van der Waals surface area contributed by atoms with Crippen LogP contribution in [0.5, 0.6) is 23.0 Å². The molecule has 0 amide bonds. The van der Waals surface area contributed by atoms with Crippen molar-refractivity contribution in [2.75, 3.05) is 6.61 Å². The van der Waals surface area contributed by atoms with Gasteiger partial charge in [-0.15, -0.1) is 0 Å². The van der Waals surface area contributed by atoms with E-state index in [1.807, 2.05) is 0 Å². The van der Waals surface area contributed by atoms with Gasteiger partial charge in [0, 0.05) is 24.1 Å². The topological polar surface area (TPSA) is 169 Å². The van der Waals surface area contributed by atoms with Crippen molar-refractivity contribution in [3.63, 3.8) is 0 Å². The minimum atomic E-state index is -1.61. The summed E-state index contributed by atoms with van der Waals surface area (Å²) in [5.74, 6) is 0.145. The lowest BCUT2D eigenvalue weighted by Gasteiger charge is -2.39. The first-order valence-electron chi connectivity index (χ1n) is 9.75. The van der Waals surface area contributed by atoms with E-state index in [1.54, 1.807) is 12.1 Å². The quantitative estimate of drug-likeness (QED) is 0.326. The fraction of sp³-hybridized carbons (Fsp3) is 0.429. The second kappa shape index (κ2) is 8.50. The van der Waals surface area contributed by atoms with Crippen LogP contribution in [0.1, 0.15) is 17.2 Å². The van der Waals surface area contributed by atoms with Crippen molar-refractivity contribution in [2.45, 2.75) is 49.3 Å². The van der Waals surface area contributed by atoms with E-state index in [2.05, 4.69) is 0 Å². The van der Waals surface area contributed by atoms with Crippen molar-refractivity contribution >= 4 is 0 Å². The highest BCUT2D eigenvalue weighted by molar-refractivity contribution is 5.52. The summed E-state index contributed by atoms with van der Waals surface area (Å²) in [5.41, 5.74) is 0.986. The van der Waals surface area contributed by atoms with Crippen LogP contribution in [0.25, 0.3) is 0 Å². The van der Waals surface area contributed by atoms with Gasteiger partial charge in [-0.25, -0.2) is 0 Å². The number of ether oxygens (including phenoxy) is 3. The third-order valence-electron chi connectivity index (χ3n) is 5.50. The maximum absolute atomic E-state index is 10.5. The Morgan fingerprint density at radius 3 is 2.32 bits per heavy atom. The molecular formula is C21H24O10. The summed E-state index contributed by atoms with van der Waals surface area (Å²) < 4.78 is 16.8. The van der Waals surface area contributed by atoms with Crippen molar-refractivity contribution < 1.29 is 50.0 Å². The second-order valence-electron chi connectivity index (χ2n) is 7.64. The van der Waals surface area contributed by atoms with E-state index in [4.69, 9.17) is 14.2 Å². The predicted molar refractivity (Wildman–Crippen MR) is 104 cm³/mol. The molecule has 0 aliphatic carbocycles. The average molecular weight is 436 g/mol. The number of aliphatic hydroxyl groups excluding tert-OH is 5. The van der Waals surface area contributed by atoms with Crippen molar-refractivity contribution in [1.82, 2.24) is 0 Å². The molecule has 0 aromatic heterocycles. The van der Waals surface area contributed by atoms with Crippen molar-refractivity contribution in [2.24, 2.45) is 0 Å². The summed E-state index contributed by atoms with van der Waals surface area (Å²) in [7, 11) is 0. The third-order valence-corrected chi connectivity index (χ3v) is 5.50. The van der Waals surface area contributed by atoms with E-state index in [9.17, 15) is 35.7 Å². The SMILES string of the molecule is OC[C@@H]1O[C@H](Oc2cc(O)c3c(c2)O[C@H](c2ccc(O)cc2)[C@@H](O)C3)[C@@H](O)[C@H](O)[C@H]1O. The highest BCUT2D eigenvalue weighted by Gasteiger charge is 2.45. The lowest BCUT2D eigenvalue weighted by atomic mass is 9.94. The summed E-state index contributed by atoms with van der Waals surface area (Å²) in [5, 5.41) is 69.6. The minimum Gasteiger partial charge on any atom is -0.508 e. The number of aromatic hydroxyl groups is 2. The van der Waals surface area contributed by atoms with Crippen LogP contribution in [-0.2, 0) is 11.2 Å². The van der Waals surface area contributed by atoms with Gasteiger partial charge >= 0.3 is 0 Å². The van der Waals surface area contributed by atoms with Gasteiger partial charge in [-0.1, -0.05) is 12.1 Å². The summed E-state index contributed by atoms with van der Waals surface area (Å²) in [6.07, 6.45) is -8.89. The molecule has 2 aromatic carbocycles. The Morgan fingerprint density at radius 1 is 0.935 bits per heavy atom. The van der Waals surface area contributed by atoms with Gasteiger partial charge in [-0.3, -0.25) is 0 Å². The molecule has 1 fully saturated rings. The molecule has 2 aromatic rings. The van der Waals surface area contributed by atoms with Gasteiger partial charge in [-0.05, 0) is 17.7 Å². The minimum absolute atomic E-state index is 0.0430. The molecule has 7 N–H and O–H groups in total. The molecule has 2 aliphatic rings. The van der Waals surface area contributed by atoms with Crippen molar-refractivity contribution in [1.29, 1.82) is 0 Å². The van der Waals surface area contributed by atoms with E-state index in [1.165, 1.54) is 24.3 Å². The summed E-state index contributed by atoms with van der Waals surface area (Å²) in [6.45, 7) is -0.602. The number of phenolic OH excluding ortho intramolecular Hbond substituents is 2. The normalized spacial score (nSPS) is 32.7. The Labute approximate surface area is 177 Å². The molecule has 2 aliphatic heterocycles. The lowest BCUT2D eigenvalue weighted by Crippen LogP contribution is -2.60. The first-order chi connectivity index (χ1) is 14.8. The largest absolute Gasteiger partial charge is 0.508 e. The van der Waals surface area contributed by atoms with Gasteiger partial charge in [0.2, 0.25) is 6.29 Å². The Bertz CT molecular complexity index is 915. The number of benzene rings is 2. The maximum Gasteiger partial charge on any atom is 0.229 e. The number of rotatable bonds is 4. The molecule has 4 rings (SSSR count). The van der Waals surface area contributed by atoms with Crippen LogP contribution < -0.4 is 9.47 Å². The molecule has 0 bridgehead atoms. The number of aliphatic hydroxyl groups is 5. The number of phenols is 2. The second-order valence-corrected chi connectivity index (χ2v) is 7.64. The van der Waals surface area contributed by atoms with Crippen molar-refractivity contribution in [3.8, 4) is 23.0 Å². The predicted octanol–water partition coefficient (Wildman–Crippen LogP) is -0.686. The average Bonchev–Trinajstić information content (AvgIpc) is 2.75. The molecule has 168 valence electrons. The zero-order chi connectivity index (χ0) is 22.3. The zero-order valence-electron chi connectivity index (χ0n) is 16.3. The molecule has 7 atom stereocenters. The fourth-order valence-corrected chi connectivity index (χ4v) is 3.77. The first-order valence-corrected chi connectivity index (χ1v) is 9.75. The van der Waals surface area contributed by atoms with Crippen LogP contribution in [0.3, 0.4) is 0 Å². The van der Waals surface area contributed by atoms with E-state index in [-0.39, 0.29) is 29.4 Å². The monoisotopic (exact) mass is 436 g/mol. The van der Waals surface area contributed by atoms with E-state index < -0.39 is 49.5 Å². The van der Waals surface area contributed by atoms with Crippen LogP contribution in [0.15, 0.2) is 36.4 Å². The molecule has 10 nitrogen and oxygen atoms in total. The van der Waals surface area contributed by atoms with Gasteiger partial charge in [0.1, 0.15) is 53.5 Å². The Morgan fingerprint density at radius 2 is 1.65 bits per heavy atom. The molecule has 31 heavy (non-hydrogen) atoms. The molecule has 0 unspecified atom stereocenters. The zero-order valence-corrected chi connectivity index (χ0v) is 16.3. The number of hydrogen-bond donors (Lipinski definition) is 7. The Balaban J connectivity index is 1.58. The number of fused-ring (bicyclic) bond motifs is 1. The van der Waals surface area contributed by atoms with Gasteiger partial charge in [0.15, 0.2) is 0 Å². The lowest BCUT2D eigenvalue weighted by molar-refractivity contribution is -0.277.